The van der Waals surface area contributed by atoms with E-state index in [9.17, 15) is 28.6 Å². The molecule has 0 heterocycles. The molecule has 4 aromatic rings. The number of benzene rings is 4. The summed E-state index contributed by atoms with van der Waals surface area (Å²) in [6.07, 6.45) is 5.75. The van der Waals surface area contributed by atoms with E-state index in [1.165, 1.54) is 48.6 Å². The maximum absolute atomic E-state index is 14.5. The summed E-state index contributed by atoms with van der Waals surface area (Å²) in [6.45, 7) is 0. The van der Waals surface area contributed by atoms with Gasteiger partial charge in [-0.2, -0.15) is 0 Å². The van der Waals surface area contributed by atoms with Crippen LogP contribution in [0.5, 0.6) is 0 Å². The summed E-state index contributed by atoms with van der Waals surface area (Å²) in [5.74, 6) is 0. The van der Waals surface area contributed by atoms with Crippen molar-refractivity contribution in [3.05, 3.63) is 161 Å². The Balaban J connectivity index is 1.88. The summed E-state index contributed by atoms with van der Waals surface area (Å²) in [6, 6.07) is 25.7. The van der Waals surface area contributed by atoms with E-state index in [2.05, 4.69) is 31.9 Å². The summed E-state index contributed by atoms with van der Waals surface area (Å²) in [5.41, 5.74) is 1.09. The van der Waals surface area contributed by atoms with Crippen LogP contribution in [0.25, 0.3) is 12.2 Å². The fourth-order valence-electron chi connectivity index (χ4n) is 4.26. The predicted octanol–water partition coefficient (Wildman–Crippen LogP) is 8.65. The highest BCUT2D eigenvalue weighted by molar-refractivity contribution is 9.10. The van der Waals surface area contributed by atoms with Gasteiger partial charge in [0.25, 0.3) is 11.4 Å². The quantitative estimate of drug-likeness (QED) is 0.121. The van der Waals surface area contributed by atoms with Crippen LogP contribution in [0.15, 0.2) is 118 Å². The Hall–Kier alpha value is -3.93. The van der Waals surface area contributed by atoms with Crippen LogP contribution < -0.4 is 0 Å². The second-order valence-corrected chi connectivity index (χ2v) is 12.9. The van der Waals surface area contributed by atoms with Crippen LogP contribution in [-0.2, 0) is 9.84 Å². The normalized spacial score (nSPS) is 13.3. The topological polar surface area (TPSA) is 120 Å². The molecule has 4 rings (SSSR count). The van der Waals surface area contributed by atoms with Crippen LogP contribution in [0.3, 0.4) is 0 Å². The molecule has 0 aromatic heterocycles. The Labute approximate surface area is 253 Å². The Kier molecular flexibility index (Phi) is 9.64. The van der Waals surface area contributed by atoms with Crippen LogP contribution in [0, 0.1) is 20.2 Å². The monoisotopic (exact) mass is 696 g/mol. The van der Waals surface area contributed by atoms with Gasteiger partial charge in [-0.25, -0.2) is 8.42 Å². The third-order valence-corrected chi connectivity index (χ3v) is 9.60. The Morgan fingerprint density at radius 3 is 1.27 bits per heavy atom. The Bertz CT molecular complexity index is 1610. The zero-order valence-corrected chi connectivity index (χ0v) is 25.2. The summed E-state index contributed by atoms with van der Waals surface area (Å²) in [7, 11) is -4.15. The minimum atomic E-state index is -4.15. The van der Waals surface area contributed by atoms with E-state index in [4.69, 9.17) is 0 Å². The molecule has 0 aliphatic rings. The highest BCUT2D eigenvalue weighted by Gasteiger charge is 2.34. The molecule has 4 aromatic carbocycles. The number of hydrogen-bond donors (Lipinski definition) is 0. The van der Waals surface area contributed by atoms with E-state index in [1.54, 1.807) is 72.8 Å². The summed E-state index contributed by atoms with van der Waals surface area (Å²) in [5, 5.41) is 20.7. The fourth-order valence-corrected chi connectivity index (χ4v) is 6.77. The van der Waals surface area contributed by atoms with Gasteiger partial charge in [0.15, 0.2) is 9.84 Å². The van der Waals surface area contributed by atoms with Gasteiger partial charge >= 0.3 is 0 Å². The second-order valence-electron chi connectivity index (χ2n) is 8.88. The molecule has 11 heteroatoms. The molecule has 0 N–H and O–H groups in total. The molecule has 0 aliphatic carbocycles. The van der Waals surface area contributed by atoms with E-state index < -0.39 is 30.2 Å². The first-order chi connectivity index (χ1) is 19.6. The van der Waals surface area contributed by atoms with Crippen molar-refractivity contribution in [3.63, 3.8) is 0 Å². The Morgan fingerprint density at radius 2 is 0.927 bits per heavy atom. The molecule has 41 heavy (non-hydrogen) atoms. The van der Waals surface area contributed by atoms with E-state index in [1.807, 2.05) is 0 Å². The minimum absolute atomic E-state index is 0.156. The number of hydrogen-bond acceptors (Lipinski definition) is 6. The van der Waals surface area contributed by atoms with Crippen LogP contribution >= 0.6 is 31.9 Å². The van der Waals surface area contributed by atoms with Crippen molar-refractivity contribution in [2.24, 2.45) is 0 Å². The van der Waals surface area contributed by atoms with Crippen molar-refractivity contribution in [2.45, 2.75) is 10.5 Å². The van der Waals surface area contributed by atoms with Gasteiger partial charge in [-0.15, -0.1) is 0 Å². The van der Waals surface area contributed by atoms with Gasteiger partial charge in [-0.1, -0.05) is 105 Å². The largest absolute Gasteiger partial charge is 0.276 e. The lowest BCUT2D eigenvalue weighted by molar-refractivity contribution is -0.385. The highest BCUT2D eigenvalue weighted by Crippen LogP contribution is 2.38. The molecule has 0 aliphatic heterocycles. The predicted molar refractivity (Wildman–Crippen MR) is 167 cm³/mol. The number of nitro groups is 2. The lowest BCUT2D eigenvalue weighted by Gasteiger charge is -2.22. The van der Waals surface area contributed by atoms with Crippen molar-refractivity contribution < 1.29 is 18.3 Å². The smallest absolute Gasteiger partial charge is 0.258 e. The summed E-state index contributed by atoms with van der Waals surface area (Å²) < 4.78 is 30.5. The third kappa shape index (κ3) is 7.24. The van der Waals surface area contributed by atoms with Crippen LogP contribution in [-0.4, -0.2) is 18.3 Å². The molecular formula is C30H22Br2N2O6S. The molecule has 0 amide bonds. The van der Waals surface area contributed by atoms with Crippen LogP contribution in [0.1, 0.15) is 32.8 Å². The Morgan fingerprint density at radius 1 is 0.585 bits per heavy atom. The maximum atomic E-state index is 14.5. The molecule has 2 unspecified atom stereocenters. The number of nitro benzene ring substituents is 2. The van der Waals surface area contributed by atoms with Gasteiger partial charge in [-0.3, -0.25) is 20.2 Å². The number of halogens is 2. The molecule has 0 saturated carbocycles. The van der Waals surface area contributed by atoms with Crippen molar-refractivity contribution in [2.75, 3.05) is 0 Å². The first-order valence-corrected chi connectivity index (χ1v) is 15.3. The lowest BCUT2D eigenvalue weighted by atomic mass is 10.1. The highest BCUT2D eigenvalue weighted by atomic mass is 79.9. The summed E-state index contributed by atoms with van der Waals surface area (Å²) >= 11 is 6.75. The molecule has 8 nitrogen and oxygen atoms in total. The molecule has 0 radical (unpaired) electrons. The standard InChI is InChI=1S/C30H22Br2N2O6S/c31-25-15-9-23(10-16-25)29(19-13-21-5-1-3-7-27(21)33(35)36)41(39,40)30(24-11-17-26(32)18-12-24)20-14-22-6-2-4-8-28(22)34(37)38/h1-20,29-30H. The zero-order chi connectivity index (χ0) is 29.6. The second kappa shape index (κ2) is 13.2. The van der Waals surface area contributed by atoms with Gasteiger partial charge in [0.05, 0.1) is 21.0 Å². The van der Waals surface area contributed by atoms with E-state index in [0.29, 0.717) is 11.1 Å². The SMILES string of the molecule is O=[N+]([O-])c1ccccc1C=CC(c1ccc(Br)cc1)S(=O)(=O)C(C=Cc1ccccc1[N+](=O)[O-])c1ccc(Br)cc1. The molecule has 208 valence electrons. The lowest BCUT2D eigenvalue weighted by Crippen LogP contribution is -2.19. The van der Waals surface area contributed by atoms with Crippen molar-refractivity contribution in [3.8, 4) is 0 Å². The molecule has 2 atom stereocenters. The molecular weight excluding hydrogens is 676 g/mol. The van der Waals surface area contributed by atoms with Gasteiger partial charge in [-0.05, 0) is 47.5 Å². The zero-order valence-electron chi connectivity index (χ0n) is 21.2. The molecule has 0 bridgehead atoms. The fraction of sp³-hybridized carbons (Fsp3) is 0.0667. The first-order valence-electron chi connectivity index (χ1n) is 12.1. The molecule has 0 saturated heterocycles. The van der Waals surface area contributed by atoms with Gasteiger partial charge < -0.3 is 0 Å². The van der Waals surface area contributed by atoms with E-state index >= 15 is 0 Å². The van der Waals surface area contributed by atoms with Gasteiger partial charge in [0.1, 0.15) is 10.5 Å². The number of sulfone groups is 1. The number of para-hydroxylation sites is 2. The average molecular weight is 698 g/mol. The van der Waals surface area contributed by atoms with Crippen LogP contribution in [0.4, 0.5) is 11.4 Å². The minimum Gasteiger partial charge on any atom is -0.258 e. The molecule has 0 spiro atoms. The maximum Gasteiger partial charge on any atom is 0.276 e. The van der Waals surface area contributed by atoms with Gasteiger partial charge in [0.2, 0.25) is 0 Å². The summed E-state index contributed by atoms with van der Waals surface area (Å²) in [4.78, 5) is 22.1. The number of rotatable bonds is 10. The van der Waals surface area contributed by atoms with Crippen molar-refractivity contribution in [1.29, 1.82) is 0 Å². The van der Waals surface area contributed by atoms with Gasteiger partial charge in [0, 0.05) is 21.1 Å². The third-order valence-electron chi connectivity index (χ3n) is 6.27. The van der Waals surface area contributed by atoms with E-state index in [-0.39, 0.29) is 22.5 Å². The molecule has 0 fully saturated rings. The van der Waals surface area contributed by atoms with Crippen LogP contribution in [0.2, 0.25) is 0 Å². The van der Waals surface area contributed by atoms with Crippen molar-refractivity contribution >= 4 is 65.2 Å². The number of nitrogens with zero attached hydrogens (tertiary/aromatic N) is 2. The first kappa shape index (κ1) is 30.0. The van der Waals surface area contributed by atoms with Crippen molar-refractivity contribution in [1.82, 2.24) is 0 Å². The average Bonchev–Trinajstić information content (AvgIpc) is 2.95. The van der Waals surface area contributed by atoms with E-state index in [0.717, 1.165) is 8.95 Å².